The van der Waals surface area contributed by atoms with Gasteiger partial charge in [-0.25, -0.2) is 0 Å². The summed E-state index contributed by atoms with van der Waals surface area (Å²) in [6.07, 6.45) is 1.16. The first kappa shape index (κ1) is 8.42. The zero-order chi connectivity index (χ0) is 9.59. The van der Waals surface area contributed by atoms with Crippen LogP contribution in [0, 0.1) is 13.8 Å². The van der Waals surface area contributed by atoms with Crippen LogP contribution < -0.4 is 4.74 Å². The molecule has 2 heteroatoms. The molecule has 0 saturated heterocycles. The van der Waals surface area contributed by atoms with E-state index < -0.39 is 0 Å². The van der Waals surface area contributed by atoms with Crippen molar-refractivity contribution in [3.63, 3.8) is 0 Å². The van der Waals surface area contributed by atoms with Gasteiger partial charge in [0.25, 0.3) is 0 Å². The first-order chi connectivity index (χ1) is 6.09. The molecular formula is C11H14O2. The molecule has 1 aromatic rings. The van der Waals surface area contributed by atoms with Gasteiger partial charge >= 0.3 is 0 Å². The van der Waals surface area contributed by atoms with Crippen molar-refractivity contribution in [1.82, 2.24) is 0 Å². The van der Waals surface area contributed by atoms with Crippen molar-refractivity contribution in [2.45, 2.75) is 33.3 Å². The highest BCUT2D eigenvalue weighted by molar-refractivity contribution is 5.53. The number of ether oxygens (including phenoxy) is 1. The molecule has 1 aliphatic rings. The Labute approximate surface area is 78.2 Å². The fraction of sp³-hybridized carbons (Fsp3) is 0.455. The average Bonchev–Trinajstić information content (AvgIpc) is 2.42. The van der Waals surface area contributed by atoms with Crippen LogP contribution in [0.4, 0.5) is 0 Å². The minimum atomic E-state index is 0.245. The SMILES string of the molecule is Cc1cc2c(c(C)c1O)C[C@@H](C)O2. The van der Waals surface area contributed by atoms with Gasteiger partial charge in [-0.1, -0.05) is 0 Å². The molecule has 0 spiro atoms. The lowest BCUT2D eigenvalue weighted by molar-refractivity contribution is 0.254. The zero-order valence-electron chi connectivity index (χ0n) is 8.22. The fourth-order valence-electron chi connectivity index (χ4n) is 1.88. The standard InChI is InChI=1S/C11H14O2/c1-6-4-10-9(5-7(2)13-10)8(3)11(6)12/h4,7,12H,5H2,1-3H3/t7-/m1/s1. The molecule has 13 heavy (non-hydrogen) atoms. The average molecular weight is 178 g/mol. The monoisotopic (exact) mass is 178 g/mol. The van der Waals surface area contributed by atoms with Gasteiger partial charge in [-0.3, -0.25) is 0 Å². The van der Waals surface area contributed by atoms with Crippen LogP contribution in [0.15, 0.2) is 6.07 Å². The molecule has 1 heterocycles. The van der Waals surface area contributed by atoms with Crippen LogP contribution in [0.2, 0.25) is 0 Å². The number of fused-ring (bicyclic) bond motifs is 1. The second-order valence-electron chi connectivity index (χ2n) is 3.78. The Hall–Kier alpha value is -1.18. The van der Waals surface area contributed by atoms with Crippen LogP contribution in [0.3, 0.4) is 0 Å². The maximum absolute atomic E-state index is 9.70. The van der Waals surface area contributed by atoms with E-state index in [1.807, 2.05) is 26.8 Å². The molecule has 1 N–H and O–H groups in total. The Bertz CT molecular complexity index is 356. The molecule has 0 radical (unpaired) electrons. The Morgan fingerprint density at radius 2 is 2.15 bits per heavy atom. The normalized spacial score (nSPS) is 19.8. The number of benzene rings is 1. The highest BCUT2D eigenvalue weighted by Crippen LogP contribution is 2.37. The highest BCUT2D eigenvalue weighted by Gasteiger charge is 2.23. The molecule has 0 fully saturated rings. The topological polar surface area (TPSA) is 29.5 Å². The quantitative estimate of drug-likeness (QED) is 0.660. The van der Waals surface area contributed by atoms with E-state index in [0.29, 0.717) is 5.75 Å². The van der Waals surface area contributed by atoms with E-state index in [2.05, 4.69) is 0 Å². The predicted octanol–water partition coefficient (Wildman–Crippen LogP) is 2.33. The third-order valence-corrected chi connectivity index (χ3v) is 2.65. The lowest BCUT2D eigenvalue weighted by atomic mass is 10.0. The summed E-state index contributed by atoms with van der Waals surface area (Å²) in [5.41, 5.74) is 3.03. The molecule has 0 saturated carbocycles. The summed E-state index contributed by atoms with van der Waals surface area (Å²) < 4.78 is 5.61. The molecular weight excluding hydrogens is 164 g/mol. The highest BCUT2D eigenvalue weighted by atomic mass is 16.5. The van der Waals surface area contributed by atoms with Crippen LogP contribution in [0.25, 0.3) is 0 Å². The van der Waals surface area contributed by atoms with E-state index in [9.17, 15) is 5.11 Å². The molecule has 0 aliphatic carbocycles. The van der Waals surface area contributed by atoms with Crippen molar-refractivity contribution in [1.29, 1.82) is 0 Å². The van der Waals surface area contributed by atoms with Crippen molar-refractivity contribution in [2.24, 2.45) is 0 Å². The molecule has 1 atom stereocenters. The largest absolute Gasteiger partial charge is 0.507 e. The molecule has 2 nitrogen and oxygen atoms in total. The lowest BCUT2D eigenvalue weighted by Crippen LogP contribution is -2.05. The van der Waals surface area contributed by atoms with Crippen LogP contribution in [0.5, 0.6) is 11.5 Å². The minimum Gasteiger partial charge on any atom is -0.507 e. The van der Waals surface area contributed by atoms with Gasteiger partial charge in [0.2, 0.25) is 0 Å². The summed E-state index contributed by atoms with van der Waals surface area (Å²) in [6.45, 7) is 5.89. The number of aromatic hydroxyl groups is 1. The van der Waals surface area contributed by atoms with E-state index in [-0.39, 0.29) is 6.10 Å². The maximum atomic E-state index is 9.70. The van der Waals surface area contributed by atoms with Crippen molar-refractivity contribution in [3.05, 3.63) is 22.8 Å². The molecule has 1 aromatic carbocycles. The van der Waals surface area contributed by atoms with Crippen molar-refractivity contribution in [2.75, 3.05) is 0 Å². The van der Waals surface area contributed by atoms with Gasteiger partial charge in [0.05, 0.1) is 0 Å². The van der Waals surface area contributed by atoms with Gasteiger partial charge in [-0.2, -0.15) is 0 Å². The van der Waals surface area contributed by atoms with E-state index in [4.69, 9.17) is 4.74 Å². The number of rotatable bonds is 0. The van der Waals surface area contributed by atoms with E-state index >= 15 is 0 Å². The Morgan fingerprint density at radius 3 is 2.85 bits per heavy atom. The number of hydrogen-bond acceptors (Lipinski definition) is 2. The van der Waals surface area contributed by atoms with Gasteiger partial charge in [0.15, 0.2) is 0 Å². The molecule has 0 amide bonds. The van der Waals surface area contributed by atoms with Crippen molar-refractivity contribution < 1.29 is 9.84 Å². The molecule has 2 rings (SSSR count). The molecule has 0 unspecified atom stereocenters. The third-order valence-electron chi connectivity index (χ3n) is 2.65. The van der Waals surface area contributed by atoms with E-state index in [1.165, 1.54) is 0 Å². The van der Waals surface area contributed by atoms with Gasteiger partial charge < -0.3 is 9.84 Å². The molecule has 0 bridgehead atoms. The van der Waals surface area contributed by atoms with Crippen LogP contribution in [-0.2, 0) is 6.42 Å². The van der Waals surface area contributed by atoms with Crippen molar-refractivity contribution >= 4 is 0 Å². The Balaban J connectivity index is 2.60. The summed E-state index contributed by atoms with van der Waals surface area (Å²) >= 11 is 0. The molecule has 70 valence electrons. The Morgan fingerprint density at radius 1 is 1.46 bits per heavy atom. The number of aryl methyl sites for hydroxylation is 1. The summed E-state index contributed by atoms with van der Waals surface area (Å²) in [5.74, 6) is 1.36. The van der Waals surface area contributed by atoms with Crippen molar-refractivity contribution in [3.8, 4) is 11.5 Å². The summed E-state index contributed by atoms with van der Waals surface area (Å²) in [6, 6.07) is 1.92. The van der Waals surface area contributed by atoms with Crippen LogP contribution in [-0.4, -0.2) is 11.2 Å². The second-order valence-corrected chi connectivity index (χ2v) is 3.78. The first-order valence-electron chi connectivity index (χ1n) is 4.58. The van der Waals surface area contributed by atoms with Gasteiger partial charge in [-0.05, 0) is 38.0 Å². The number of phenolic OH excluding ortho intramolecular Hbond substituents is 1. The predicted molar refractivity (Wildman–Crippen MR) is 51.4 cm³/mol. The van der Waals surface area contributed by atoms with Gasteiger partial charge in [-0.15, -0.1) is 0 Å². The fourth-order valence-corrected chi connectivity index (χ4v) is 1.88. The molecule has 0 aromatic heterocycles. The maximum Gasteiger partial charge on any atom is 0.123 e. The zero-order valence-corrected chi connectivity index (χ0v) is 8.22. The summed E-state index contributed by atoms with van der Waals surface area (Å²) in [4.78, 5) is 0. The van der Waals surface area contributed by atoms with Crippen LogP contribution >= 0.6 is 0 Å². The van der Waals surface area contributed by atoms with Crippen LogP contribution in [0.1, 0.15) is 23.6 Å². The molecule has 1 aliphatic heterocycles. The smallest absolute Gasteiger partial charge is 0.123 e. The second kappa shape index (κ2) is 2.66. The number of hydrogen-bond donors (Lipinski definition) is 1. The van der Waals surface area contributed by atoms with Gasteiger partial charge in [0.1, 0.15) is 17.6 Å². The lowest BCUT2D eigenvalue weighted by Gasteiger charge is -2.07. The third kappa shape index (κ3) is 1.17. The summed E-state index contributed by atoms with van der Waals surface area (Å²) in [7, 11) is 0. The van der Waals surface area contributed by atoms with E-state index in [0.717, 1.165) is 28.9 Å². The van der Waals surface area contributed by atoms with E-state index in [1.54, 1.807) is 0 Å². The minimum absolute atomic E-state index is 0.245. The number of phenols is 1. The first-order valence-corrected chi connectivity index (χ1v) is 4.58. The Kier molecular flexibility index (Phi) is 1.72. The van der Waals surface area contributed by atoms with Gasteiger partial charge in [0, 0.05) is 12.0 Å². The summed E-state index contributed by atoms with van der Waals surface area (Å²) in [5, 5.41) is 9.70.